The zero-order valence-corrected chi connectivity index (χ0v) is 18.0. The van der Waals surface area contributed by atoms with Crippen molar-refractivity contribution in [1.29, 1.82) is 0 Å². The van der Waals surface area contributed by atoms with Gasteiger partial charge in [0.2, 0.25) is 5.91 Å². The van der Waals surface area contributed by atoms with Crippen LogP contribution in [0.25, 0.3) is 0 Å². The maximum absolute atomic E-state index is 13.6. The lowest BCUT2D eigenvalue weighted by molar-refractivity contribution is -0.137. The van der Waals surface area contributed by atoms with Gasteiger partial charge in [-0.3, -0.25) is 14.6 Å². The zero-order valence-electron chi connectivity index (χ0n) is 18.0. The van der Waals surface area contributed by atoms with Crippen molar-refractivity contribution in [3.63, 3.8) is 0 Å². The summed E-state index contributed by atoms with van der Waals surface area (Å²) in [4.78, 5) is 28.3. The Morgan fingerprint density at radius 3 is 2.33 bits per heavy atom. The molecular weight excluding hydrogens is 447 g/mol. The monoisotopic (exact) mass is 468 g/mol. The number of hydrogen-bond acceptors (Lipinski definition) is 4. The molecule has 0 radical (unpaired) electrons. The first kappa shape index (κ1) is 24.3. The van der Waals surface area contributed by atoms with Crippen molar-refractivity contribution in [1.82, 2.24) is 10.3 Å². The fraction of sp³-hybridized carbons (Fsp3) is 0.364. The van der Waals surface area contributed by atoms with Crippen LogP contribution in [0.1, 0.15) is 56.0 Å². The van der Waals surface area contributed by atoms with Gasteiger partial charge in [-0.15, -0.1) is 0 Å². The number of halogens is 5. The summed E-state index contributed by atoms with van der Waals surface area (Å²) in [6, 6.07) is 5.15. The maximum Gasteiger partial charge on any atom is 0.416 e. The lowest BCUT2D eigenvalue weighted by atomic mass is 9.95. The summed E-state index contributed by atoms with van der Waals surface area (Å²) in [5.41, 5.74) is -1.68. The number of carbonyl (C=O) groups is 2. The van der Waals surface area contributed by atoms with Crippen LogP contribution in [0.3, 0.4) is 0 Å². The average Bonchev–Trinajstić information content (AvgIpc) is 3.12. The molecule has 3 rings (SSSR count). The van der Waals surface area contributed by atoms with Gasteiger partial charge in [0, 0.05) is 23.7 Å². The summed E-state index contributed by atoms with van der Waals surface area (Å²) in [5.74, 6) is -0.833. The van der Waals surface area contributed by atoms with Gasteiger partial charge in [-0.2, -0.15) is 18.3 Å². The van der Waals surface area contributed by atoms with Crippen molar-refractivity contribution in [3.8, 4) is 0 Å². The number of amides is 2. The number of carbonyl (C=O) groups excluding carboxylic acids is 2. The Labute approximate surface area is 186 Å². The van der Waals surface area contributed by atoms with Crippen LogP contribution in [0.2, 0.25) is 0 Å². The molecule has 0 saturated heterocycles. The third-order valence-electron chi connectivity index (χ3n) is 4.84. The largest absolute Gasteiger partial charge is 0.416 e. The van der Waals surface area contributed by atoms with E-state index in [1.165, 1.54) is 12.3 Å². The number of benzene rings is 1. The second kappa shape index (κ2) is 8.87. The van der Waals surface area contributed by atoms with Gasteiger partial charge < -0.3 is 5.32 Å². The van der Waals surface area contributed by atoms with Gasteiger partial charge in [-0.05, 0) is 35.9 Å². The van der Waals surface area contributed by atoms with E-state index >= 15 is 0 Å². The Hall–Kier alpha value is -3.37. The Kier molecular flexibility index (Phi) is 6.53. The number of anilines is 1. The molecule has 33 heavy (non-hydrogen) atoms. The lowest BCUT2D eigenvalue weighted by Crippen LogP contribution is -2.34. The van der Waals surface area contributed by atoms with E-state index in [1.54, 1.807) is 20.8 Å². The molecule has 11 heteroatoms. The van der Waals surface area contributed by atoms with Crippen LogP contribution in [-0.2, 0) is 22.3 Å². The van der Waals surface area contributed by atoms with Crippen molar-refractivity contribution in [3.05, 3.63) is 58.9 Å². The number of nitrogens with one attached hydrogen (secondary N) is 1. The SMILES string of the molecule is CC(C)(C)C(=O)NCc1cnc(C(F)F)c(C2=NN(c3ccc(C(F)(F)F)cc3)C(=O)C2)c1. The van der Waals surface area contributed by atoms with Crippen molar-refractivity contribution >= 4 is 23.2 Å². The van der Waals surface area contributed by atoms with Crippen molar-refractivity contribution in [2.24, 2.45) is 10.5 Å². The molecule has 1 aliphatic rings. The van der Waals surface area contributed by atoms with E-state index in [0.717, 1.165) is 29.3 Å². The third-order valence-corrected chi connectivity index (χ3v) is 4.84. The van der Waals surface area contributed by atoms with E-state index in [1.807, 2.05) is 0 Å². The standard InChI is InChI=1S/C22H21F5N4O2/c1-21(2,3)20(33)29-11-12-8-15(18(19(23)24)28-10-12)16-9-17(32)31(30-16)14-6-4-13(5-7-14)22(25,26)27/h4-8,10,19H,9,11H2,1-3H3,(H,29,33). The third kappa shape index (κ3) is 5.52. The normalized spacial score (nSPS) is 14.6. The fourth-order valence-electron chi connectivity index (χ4n) is 3.04. The molecule has 0 spiro atoms. The van der Waals surface area contributed by atoms with Crippen LogP contribution < -0.4 is 10.3 Å². The van der Waals surface area contributed by atoms with E-state index in [4.69, 9.17) is 0 Å². The van der Waals surface area contributed by atoms with Crippen molar-refractivity contribution < 1.29 is 31.5 Å². The summed E-state index contributed by atoms with van der Waals surface area (Å²) in [6.45, 7) is 5.20. The molecule has 176 valence electrons. The predicted molar refractivity (Wildman–Crippen MR) is 111 cm³/mol. The summed E-state index contributed by atoms with van der Waals surface area (Å²) >= 11 is 0. The minimum atomic E-state index is -4.54. The number of alkyl halides is 5. The Morgan fingerprint density at radius 1 is 1.15 bits per heavy atom. The van der Waals surface area contributed by atoms with E-state index in [2.05, 4.69) is 15.4 Å². The summed E-state index contributed by atoms with van der Waals surface area (Å²) in [5, 5.41) is 7.64. The van der Waals surface area contributed by atoms with E-state index < -0.39 is 35.2 Å². The molecule has 1 N–H and O–H groups in total. The van der Waals surface area contributed by atoms with Crippen LogP contribution in [-0.4, -0.2) is 22.5 Å². The van der Waals surface area contributed by atoms with E-state index in [9.17, 15) is 31.5 Å². The first-order valence-corrected chi connectivity index (χ1v) is 9.90. The van der Waals surface area contributed by atoms with Crippen LogP contribution >= 0.6 is 0 Å². The maximum atomic E-state index is 13.6. The second-order valence-electron chi connectivity index (χ2n) is 8.48. The van der Waals surface area contributed by atoms with Gasteiger partial charge in [0.05, 0.1) is 23.4 Å². The predicted octanol–water partition coefficient (Wildman–Crippen LogP) is 4.84. The Balaban J connectivity index is 1.90. The quantitative estimate of drug-likeness (QED) is 0.638. The van der Waals surface area contributed by atoms with E-state index in [-0.39, 0.29) is 35.8 Å². The topological polar surface area (TPSA) is 74.7 Å². The van der Waals surface area contributed by atoms with E-state index in [0.29, 0.717) is 5.56 Å². The fourth-order valence-corrected chi connectivity index (χ4v) is 3.04. The second-order valence-corrected chi connectivity index (χ2v) is 8.48. The van der Waals surface area contributed by atoms with Crippen molar-refractivity contribution in [2.75, 3.05) is 5.01 Å². The van der Waals surface area contributed by atoms with Crippen LogP contribution in [0, 0.1) is 5.41 Å². The summed E-state index contributed by atoms with van der Waals surface area (Å²) in [6.07, 6.45) is -6.61. The molecule has 1 aromatic carbocycles. The average molecular weight is 468 g/mol. The molecule has 1 aliphatic heterocycles. The summed E-state index contributed by atoms with van der Waals surface area (Å²) in [7, 11) is 0. The molecule has 2 amide bonds. The Morgan fingerprint density at radius 2 is 1.79 bits per heavy atom. The highest BCUT2D eigenvalue weighted by molar-refractivity contribution is 6.19. The minimum Gasteiger partial charge on any atom is -0.352 e. The smallest absolute Gasteiger partial charge is 0.352 e. The van der Waals surface area contributed by atoms with Gasteiger partial charge in [-0.25, -0.2) is 13.8 Å². The molecule has 1 aromatic heterocycles. The minimum absolute atomic E-state index is 0.00620. The van der Waals surface area contributed by atoms with Crippen molar-refractivity contribution in [2.45, 2.75) is 46.3 Å². The molecule has 0 unspecified atom stereocenters. The lowest BCUT2D eigenvalue weighted by Gasteiger charge is -2.18. The van der Waals surface area contributed by atoms with Crippen LogP contribution in [0.15, 0.2) is 41.6 Å². The molecule has 2 aromatic rings. The molecule has 6 nitrogen and oxygen atoms in total. The molecule has 0 aliphatic carbocycles. The molecule has 0 bridgehead atoms. The van der Waals surface area contributed by atoms with Gasteiger partial charge in [0.1, 0.15) is 5.69 Å². The number of aromatic nitrogens is 1. The number of rotatable bonds is 5. The highest BCUT2D eigenvalue weighted by Crippen LogP contribution is 2.32. The van der Waals surface area contributed by atoms with Gasteiger partial charge >= 0.3 is 6.18 Å². The van der Waals surface area contributed by atoms with Gasteiger partial charge in [0.25, 0.3) is 12.3 Å². The number of hydrazone groups is 1. The number of nitrogens with zero attached hydrogens (tertiary/aromatic N) is 3. The first-order valence-electron chi connectivity index (χ1n) is 9.90. The highest BCUT2D eigenvalue weighted by atomic mass is 19.4. The molecule has 2 heterocycles. The molecular formula is C22H21F5N4O2. The van der Waals surface area contributed by atoms with Crippen LogP contribution in [0.5, 0.6) is 0 Å². The summed E-state index contributed by atoms with van der Waals surface area (Å²) < 4.78 is 65.5. The van der Waals surface area contributed by atoms with Gasteiger partial charge in [0.15, 0.2) is 0 Å². The highest BCUT2D eigenvalue weighted by Gasteiger charge is 2.32. The van der Waals surface area contributed by atoms with Gasteiger partial charge in [-0.1, -0.05) is 20.8 Å². The van der Waals surface area contributed by atoms with Crippen LogP contribution in [0.4, 0.5) is 27.6 Å². The Bertz CT molecular complexity index is 1090. The molecule has 0 fully saturated rings. The number of pyridine rings is 1. The molecule has 0 saturated carbocycles. The first-order chi connectivity index (χ1) is 15.3. The number of hydrogen-bond donors (Lipinski definition) is 1. The molecule has 0 atom stereocenters. The zero-order chi connectivity index (χ0) is 24.6.